The highest BCUT2D eigenvalue weighted by atomic mass is 16.5. The predicted octanol–water partition coefficient (Wildman–Crippen LogP) is 4.87. The second-order valence-electron chi connectivity index (χ2n) is 7.57. The van der Waals surface area contributed by atoms with Gasteiger partial charge in [-0.1, -0.05) is 66.7 Å². The van der Waals surface area contributed by atoms with Crippen molar-refractivity contribution in [2.45, 2.75) is 13.2 Å². The van der Waals surface area contributed by atoms with Gasteiger partial charge in [-0.3, -0.25) is 4.79 Å². The predicted molar refractivity (Wildman–Crippen MR) is 130 cm³/mol. The largest absolute Gasteiger partial charge is 0.493 e. The normalized spacial score (nSPS) is 11.2. The van der Waals surface area contributed by atoms with Crippen LogP contribution in [0.2, 0.25) is 0 Å². The molecule has 1 aromatic heterocycles. The van der Waals surface area contributed by atoms with E-state index in [-0.39, 0.29) is 0 Å². The van der Waals surface area contributed by atoms with Crippen molar-refractivity contribution in [3.05, 3.63) is 119 Å². The van der Waals surface area contributed by atoms with Gasteiger partial charge in [-0.15, -0.1) is 0 Å². The van der Waals surface area contributed by atoms with Crippen molar-refractivity contribution in [3.8, 4) is 17.2 Å². The van der Waals surface area contributed by atoms with E-state index in [2.05, 4.69) is 4.99 Å². The molecule has 0 unspecified atom stereocenters. The fraction of sp³-hybridized carbons (Fsp3) is 0.143. The molecule has 0 spiro atoms. The Balaban J connectivity index is 1.63. The van der Waals surface area contributed by atoms with Crippen molar-refractivity contribution in [3.63, 3.8) is 0 Å². The molecular formula is C28H26N2O4. The fourth-order valence-corrected chi connectivity index (χ4v) is 3.53. The molecule has 1 heterocycles. The number of hydrogen-bond donors (Lipinski definition) is 0. The van der Waals surface area contributed by atoms with Crippen LogP contribution < -0.4 is 19.7 Å². The van der Waals surface area contributed by atoms with Crippen LogP contribution in [-0.4, -0.2) is 24.7 Å². The van der Waals surface area contributed by atoms with Crippen molar-refractivity contribution >= 4 is 5.91 Å². The first-order chi connectivity index (χ1) is 16.7. The average molecular weight is 455 g/mol. The molecule has 172 valence electrons. The third kappa shape index (κ3) is 5.53. The Morgan fingerprint density at radius 3 is 2.00 bits per heavy atom. The van der Waals surface area contributed by atoms with Crippen LogP contribution in [-0.2, 0) is 13.2 Å². The summed E-state index contributed by atoms with van der Waals surface area (Å²) in [6, 6.07) is 28.6. The van der Waals surface area contributed by atoms with Gasteiger partial charge in [0.1, 0.15) is 12.1 Å². The standard InChI is InChI=1S/C28H26N2O4/c1-32-24-17-23(18-25(33-2)27(24)34-20-22-13-7-4-8-14-22)28(31)29-26-15-9-10-16-30(26)19-21-11-5-3-6-12-21/h3-18H,19-20H2,1-2H3. The molecular weight excluding hydrogens is 428 g/mol. The third-order valence-electron chi connectivity index (χ3n) is 5.26. The number of hydrogen-bond acceptors (Lipinski definition) is 4. The van der Waals surface area contributed by atoms with Gasteiger partial charge in [-0.25, -0.2) is 0 Å². The van der Waals surface area contributed by atoms with Gasteiger partial charge in [0, 0.05) is 18.3 Å². The van der Waals surface area contributed by atoms with E-state index in [9.17, 15) is 4.79 Å². The van der Waals surface area contributed by atoms with E-state index in [4.69, 9.17) is 14.2 Å². The van der Waals surface area contributed by atoms with Gasteiger partial charge in [0.15, 0.2) is 11.5 Å². The summed E-state index contributed by atoms with van der Waals surface area (Å²) in [6.07, 6.45) is 1.90. The highest BCUT2D eigenvalue weighted by Crippen LogP contribution is 2.39. The second kappa shape index (κ2) is 11.0. The fourth-order valence-electron chi connectivity index (χ4n) is 3.53. The summed E-state index contributed by atoms with van der Waals surface area (Å²) in [4.78, 5) is 17.5. The number of ether oxygens (including phenoxy) is 3. The second-order valence-corrected chi connectivity index (χ2v) is 7.57. The van der Waals surface area contributed by atoms with Gasteiger partial charge in [0.05, 0.1) is 14.2 Å². The number of pyridine rings is 1. The van der Waals surface area contributed by atoms with Gasteiger partial charge in [-0.05, 0) is 35.4 Å². The molecule has 0 atom stereocenters. The zero-order chi connectivity index (χ0) is 23.8. The molecule has 34 heavy (non-hydrogen) atoms. The van der Waals surface area contributed by atoms with Crippen molar-refractivity contribution in [1.29, 1.82) is 0 Å². The molecule has 6 nitrogen and oxygen atoms in total. The lowest BCUT2D eigenvalue weighted by Gasteiger charge is -2.15. The van der Waals surface area contributed by atoms with Crippen molar-refractivity contribution in [1.82, 2.24) is 4.57 Å². The molecule has 0 aliphatic rings. The van der Waals surface area contributed by atoms with Crippen molar-refractivity contribution < 1.29 is 19.0 Å². The Morgan fingerprint density at radius 2 is 1.38 bits per heavy atom. The van der Waals surface area contributed by atoms with E-state index in [0.29, 0.717) is 41.5 Å². The summed E-state index contributed by atoms with van der Waals surface area (Å²) in [5.41, 5.74) is 3.02. The molecule has 0 aliphatic heterocycles. The number of rotatable bonds is 8. The number of amides is 1. The molecule has 4 aromatic rings. The van der Waals surface area contributed by atoms with E-state index in [1.54, 1.807) is 12.1 Å². The van der Waals surface area contributed by atoms with Gasteiger partial charge < -0.3 is 18.8 Å². The van der Waals surface area contributed by atoms with E-state index >= 15 is 0 Å². The summed E-state index contributed by atoms with van der Waals surface area (Å²) in [7, 11) is 3.06. The number of methoxy groups -OCH3 is 2. The molecule has 6 heteroatoms. The number of nitrogens with zero attached hydrogens (tertiary/aromatic N) is 2. The van der Waals surface area contributed by atoms with Gasteiger partial charge >= 0.3 is 0 Å². The summed E-state index contributed by atoms with van der Waals surface area (Å²) < 4.78 is 18.9. The first-order valence-corrected chi connectivity index (χ1v) is 10.9. The maximum atomic E-state index is 13.1. The average Bonchev–Trinajstić information content (AvgIpc) is 2.89. The minimum absolute atomic E-state index is 0.342. The van der Waals surface area contributed by atoms with E-state index < -0.39 is 5.91 Å². The molecule has 0 saturated carbocycles. The van der Waals surface area contributed by atoms with Crippen LogP contribution >= 0.6 is 0 Å². The third-order valence-corrected chi connectivity index (χ3v) is 5.26. The summed E-state index contributed by atoms with van der Waals surface area (Å²) >= 11 is 0. The quantitative estimate of drug-likeness (QED) is 0.381. The highest BCUT2D eigenvalue weighted by Gasteiger charge is 2.18. The smallest absolute Gasteiger partial charge is 0.279 e. The van der Waals surface area contributed by atoms with E-state index in [1.807, 2.05) is 89.6 Å². The summed E-state index contributed by atoms with van der Waals surface area (Å²) in [6.45, 7) is 0.946. The molecule has 0 bridgehead atoms. The van der Waals surface area contributed by atoms with Crippen LogP contribution in [0.3, 0.4) is 0 Å². The van der Waals surface area contributed by atoms with Crippen LogP contribution in [0.4, 0.5) is 0 Å². The molecule has 3 aromatic carbocycles. The van der Waals surface area contributed by atoms with Crippen molar-refractivity contribution in [2.75, 3.05) is 14.2 Å². The maximum absolute atomic E-state index is 13.1. The van der Waals surface area contributed by atoms with Crippen LogP contribution in [0.5, 0.6) is 17.2 Å². The van der Waals surface area contributed by atoms with Crippen molar-refractivity contribution in [2.24, 2.45) is 4.99 Å². The van der Waals surface area contributed by atoms with Crippen LogP contribution in [0, 0.1) is 0 Å². The number of benzene rings is 3. The lowest BCUT2D eigenvalue weighted by atomic mass is 10.1. The van der Waals surface area contributed by atoms with Crippen LogP contribution in [0.1, 0.15) is 21.5 Å². The lowest BCUT2D eigenvalue weighted by Crippen LogP contribution is -2.22. The Hall–Kier alpha value is -4.32. The molecule has 4 rings (SSSR count). The Labute approximate surface area is 198 Å². The van der Waals surface area contributed by atoms with E-state index in [1.165, 1.54) is 14.2 Å². The summed E-state index contributed by atoms with van der Waals surface area (Å²) in [5, 5.41) is 0. The molecule has 0 aliphatic carbocycles. The zero-order valence-electron chi connectivity index (χ0n) is 19.2. The maximum Gasteiger partial charge on any atom is 0.279 e. The van der Waals surface area contributed by atoms with Crippen LogP contribution in [0.15, 0.2) is 102 Å². The lowest BCUT2D eigenvalue weighted by molar-refractivity contribution is 0.0996. The Bertz CT molecular complexity index is 1290. The van der Waals surface area contributed by atoms with Gasteiger partial charge in [0.2, 0.25) is 5.75 Å². The monoisotopic (exact) mass is 454 g/mol. The SMILES string of the molecule is COc1cc(C(=O)N=c2ccccn2Cc2ccccc2)cc(OC)c1OCc1ccccc1. The Morgan fingerprint density at radius 1 is 0.794 bits per heavy atom. The highest BCUT2D eigenvalue weighted by molar-refractivity contribution is 5.96. The molecule has 0 N–H and O–H groups in total. The number of carbonyl (C=O) groups is 1. The molecule has 0 saturated heterocycles. The number of aromatic nitrogens is 1. The van der Waals surface area contributed by atoms with E-state index in [0.717, 1.165) is 11.1 Å². The zero-order valence-corrected chi connectivity index (χ0v) is 19.2. The minimum Gasteiger partial charge on any atom is -0.493 e. The number of carbonyl (C=O) groups excluding carboxylic acids is 1. The first-order valence-electron chi connectivity index (χ1n) is 10.9. The molecule has 0 radical (unpaired) electrons. The first kappa shape index (κ1) is 22.9. The van der Waals surface area contributed by atoms with Gasteiger partial charge in [0.25, 0.3) is 5.91 Å². The molecule has 1 amide bonds. The Kier molecular flexibility index (Phi) is 7.40. The van der Waals surface area contributed by atoms with Crippen LogP contribution in [0.25, 0.3) is 0 Å². The molecule has 0 fully saturated rings. The minimum atomic E-state index is -0.403. The summed E-state index contributed by atoms with van der Waals surface area (Å²) in [5.74, 6) is 0.835. The topological polar surface area (TPSA) is 62.0 Å². The van der Waals surface area contributed by atoms with Gasteiger partial charge in [-0.2, -0.15) is 4.99 Å².